The summed E-state index contributed by atoms with van der Waals surface area (Å²) in [4.78, 5) is 4.30. The van der Waals surface area contributed by atoms with Gasteiger partial charge in [0.1, 0.15) is 0 Å². The van der Waals surface area contributed by atoms with Crippen LogP contribution in [0.15, 0.2) is 12.3 Å². The summed E-state index contributed by atoms with van der Waals surface area (Å²) in [7, 11) is -3.88. The molecule has 1 N–H and O–H groups in total. The summed E-state index contributed by atoms with van der Waals surface area (Å²) in [5, 5.41) is -0.276. The molecule has 1 aromatic rings. The summed E-state index contributed by atoms with van der Waals surface area (Å²) in [6.45, 7) is 9.69. The zero-order chi connectivity index (χ0) is 17.0. The van der Waals surface area contributed by atoms with Crippen LogP contribution in [0, 0.1) is 6.92 Å². The molecule has 3 rings (SSSR count). The highest BCUT2D eigenvalue weighted by Gasteiger charge is 2.52. The van der Waals surface area contributed by atoms with Gasteiger partial charge < -0.3 is 9.31 Å². The van der Waals surface area contributed by atoms with Crippen molar-refractivity contribution in [2.24, 2.45) is 0 Å². The van der Waals surface area contributed by atoms with Gasteiger partial charge in [-0.3, -0.25) is 9.71 Å². The molecule has 0 unspecified atom stereocenters. The van der Waals surface area contributed by atoms with Crippen molar-refractivity contribution in [1.82, 2.24) is 4.98 Å². The standard InChI is InChI=1S/C15H23BN2O4S/c1-10-13(18-23(19,20)12-6-7-12)8-11(9-17-10)16-21-14(2,3)15(4,5)22-16/h8-9,12,18H,6-7H2,1-5H3. The van der Waals surface area contributed by atoms with Crippen LogP contribution in [-0.4, -0.2) is 37.0 Å². The maximum Gasteiger partial charge on any atom is 0.496 e. The van der Waals surface area contributed by atoms with Gasteiger partial charge >= 0.3 is 7.12 Å². The molecule has 0 spiro atoms. The zero-order valence-electron chi connectivity index (χ0n) is 14.2. The molecule has 1 aromatic heterocycles. The molecule has 2 heterocycles. The van der Waals surface area contributed by atoms with Gasteiger partial charge in [0.2, 0.25) is 10.0 Å². The van der Waals surface area contributed by atoms with Gasteiger partial charge in [0.05, 0.1) is 27.8 Å². The van der Waals surface area contributed by atoms with Gasteiger partial charge in [-0.15, -0.1) is 0 Å². The Morgan fingerprint density at radius 1 is 1.22 bits per heavy atom. The monoisotopic (exact) mass is 338 g/mol. The second kappa shape index (κ2) is 5.19. The third-order valence-corrected chi connectivity index (χ3v) is 6.70. The number of aryl methyl sites for hydroxylation is 1. The summed E-state index contributed by atoms with van der Waals surface area (Å²) < 4.78 is 38.9. The molecule has 8 heteroatoms. The Kier molecular flexibility index (Phi) is 3.78. The van der Waals surface area contributed by atoms with E-state index in [9.17, 15) is 8.42 Å². The number of anilines is 1. The predicted octanol–water partition coefficient (Wildman–Crippen LogP) is 1.59. The third-order valence-electron chi connectivity index (χ3n) is 4.85. The summed E-state index contributed by atoms with van der Waals surface area (Å²) in [6.07, 6.45) is 3.11. The topological polar surface area (TPSA) is 77.5 Å². The highest BCUT2D eigenvalue weighted by atomic mass is 32.2. The smallest absolute Gasteiger partial charge is 0.399 e. The lowest BCUT2D eigenvalue weighted by molar-refractivity contribution is 0.00578. The summed E-state index contributed by atoms with van der Waals surface area (Å²) in [5.74, 6) is 0. The number of nitrogens with zero attached hydrogens (tertiary/aromatic N) is 1. The van der Waals surface area contributed by atoms with Crippen LogP contribution in [0.1, 0.15) is 46.2 Å². The molecule has 23 heavy (non-hydrogen) atoms. The molecule has 1 saturated carbocycles. The lowest BCUT2D eigenvalue weighted by Crippen LogP contribution is -2.41. The molecule has 126 valence electrons. The average Bonchev–Trinajstić information content (AvgIpc) is 3.21. The quantitative estimate of drug-likeness (QED) is 0.844. The molecule has 1 aliphatic carbocycles. The van der Waals surface area contributed by atoms with Crippen LogP contribution < -0.4 is 10.2 Å². The van der Waals surface area contributed by atoms with Crippen molar-refractivity contribution >= 4 is 28.3 Å². The molecule has 2 aliphatic rings. The fourth-order valence-electron chi connectivity index (χ4n) is 2.38. The molecule has 0 bridgehead atoms. The number of aromatic nitrogens is 1. The minimum atomic E-state index is -3.32. The van der Waals surface area contributed by atoms with E-state index < -0.39 is 28.3 Å². The van der Waals surface area contributed by atoms with Crippen LogP contribution in [0.5, 0.6) is 0 Å². The van der Waals surface area contributed by atoms with E-state index in [4.69, 9.17) is 9.31 Å². The highest BCUT2D eigenvalue weighted by Crippen LogP contribution is 2.36. The maximum absolute atomic E-state index is 12.2. The van der Waals surface area contributed by atoms with Crippen molar-refractivity contribution in [1.29, 1.82) is 0 Å². The Morgan fingerprint density at radius 2 is 1.78 bits per heavy atom. The van der Waals surface area contributed by atoms with Gasteiger partial charge in [-0.25, -0.2) is 8.42 Å². The van der Waals surface area contributed by atoms with Crippen LogP contribution in [0.2, 0.25) is 0 Å². The number of pyridine rings is 1. The van der Waals surface area contributed by atoms with Crippen molar-refractivity contribution in [2.75, 3.05) is 4.72 Å². The number of sulfonamides is 1. The predicted molar refractivity (Wildman–Crippen MR) is 90.3 cm³/mol. The number of nitrogens with one attached hydrogen (secondary N) is 1. The molecule has 2 fully saturated rings. The highest BCUT2D eigenvalue weighted by molar-refractivity contribution is 7.93. The van der Waals surface area contributed by atoms with E-state index in [0.717, 1.165) is 12.8 Å². The van der Waals surface area contributed by atoms with Gasteiger partial charge in [0.25, 0.3) is 0 Å². The number of rotatable bonds is 4. The largest absolute Gasteiger partial charge is 0.496 e. The van der Waals surface area contributed by atoms with Gasteiger partial charge in [-0.2, -0.15) is 0 Å². The van der Waals surface area contributed by atoms with E-state index in [0.29, 0.717) is 16.8 Å². The fourth-order valence-corrected chi connectivity index (χ4v) is 3.81. The van der Waals surface area contributed by atoms with Gasteiger partial charge in [0, 0.05) is 11.7 Å². The van der Waals surface area contributed by atoms with Gasteiger partial charge in [-0.05, 0) is 53.5 Å². The van der Waals surface area contributed by atoms with Crippen LogP contribution in [0.25, 0.3) is 0 Å². The Morgan fingerprint density at radius 3 is 2.30 bits per heavy atom. The van der Waals surface area contributed by atoms with Crippen molar-refractivity contribution < 1.29 is 17.7 Å². The molecule has 0 atom stereocenters. The Balaban J connectivity index is 1.87. The second-order valence-corrected chi connectivity index (χ2v) is 9.30. The number of hydrogen-bond donors (Lipinski definition) is 1. The van der Waals surface area contributed by atoms with Gasteiger partial charge in [-0.1, -0.05) is 0 Å². The van der Waals surface area contributed by atoms with E-state index in [2.05, 4.69) is 9.71 Å². The Hall–Kier alpha value is -1.12. The SMILES string of the molecule is Cc1ncc(B2OC(C)(C)C(C)(C)O2)cc1NS(=O)(=O)C1CC1. The molecular weight excluding hydrogens is 315 g/mol. The second-order valence-electron chi connectivity index (χ2n) is 7.34. The van der Waals surface area contributed by atoms with Crippen LogP contribution in [0.4, 0.5) is 5.69 Å². The van der Waals surface area contributed by atoms with E-state index in [-0.39, 0.29) is 5.25 Å². The van der Waals surface area contributed by atoms with Crippen molar-refractivity contribution in [3.8, 4) is 0 Å². The molecule has 1 saturated heterocycles. The van der Waals surface area contributed by atoms with Crippen LogP contribution >= 0.6 is 0 Å². The molecule has 1 aliphatic heterocycles. The third kappa shape index (κ3) is 3.12. The minimum absolute atomic E-state index is 0.276. The first-order chi connectivity index (χ1) is 10.5. The Bertz CT molecular complexity index is 713. The first kappa shape index (κ1) is 16.7. The molecular formula is C15H23BN2O4S. The maximum atomic E-state index is 12.2. The van der Waals surface area contributed by atoms with Crippen molar-refractivity contribution in [3.05, 3.63) is 18.0 Å². The Labute approximate surface area is 138 Å². The summed E-state index contributed by atoms with van der Waals surface area (Å²) in [5.41, 5.74) is 0.938. The van der Waals surface area contributed by atoms with E-state index in [1.54, 1.807) is 19.2 Å². The van der Waals surface area contributed by atoms with Crippen LogP contribution in [-0.2, 0) is 19.3 Å². The zero-order valence-corrected chi connectivity index (χ0v) is 15.0. The molecule has 0 aromatic carbocycles. The lowest BCUT2D eigenvalue weighted by atomic mass is 9.80. The van der Waals surface area contributed by atoms with E-state index in [1.807, 2.05) is 27.7 Å². The lowest BCUT2D eigenvalue weighted by Gasteiger charge is -2.32. The average molecular weight is 338 g/mol. The number of hydrogen-bond acceptors (Lipinski definition) is 5. The normalized spacial score (nSPS) is 23.1. The first-order valence-corrected chi connectivity index (χ1v) is 9.40. The molecule has 0 amide bonds. The molecule has 0 radical (unpaired) electrons. The fraction of sp³-hybridized carbons (Fsp3) is 0.667. The molecule has 6 nitrogen and oxygen atoms in total. The van der Waals surface area contributed by atoms with Gasteiger partial charge in [0.15, 0.2) is 0 Å². The van der Waals surface area contributed by atoms with E-state index in [1.165, 1.54) is 0 Å². The first-order valence-electron chi connectivity index (χ1n) is 7.86. The van der Waals surface area contributed by atoms with E-state index >= 15 is 0 Å². The summed E-state index contributed by atoms with van der Waals surface area (Å²) in [6, 6.07) is 1.75. The minimum Gasteiger partial charge on any atom is -0.399 e. The van der Waals surface area contributed by atoms with Crippen molar-refractivity contribution in [3.63, 3.8) is 0 Å². The van der Waals surface area contributed by atoms with Crippen LogP contribution in [0.3, 0.4) is 0 Å². The van der Waals surface area contributed by atoms with Crippen molar-refractivity contribution in [2.45, 2.75) is 63.9 Å². The summed E-state index contributed by atoms with van der Waals surface area (Å²) >= 11 is 0.